The first-order chi connectivity index (χ1) is 11.3. The lowest BCUT2D eigenvalue weighted by Crippen LogP contribution is -2.30. The summed E-state index contributed by atoms with van der Waals surface area (Å²) in [6, 6.07) is 0. The fourth-order valence-corrected chi connectivity index (χ4v) is 5.87. The van der Waals surface area contributed by atoms with Crippen molar-refractivity contribution in [1.29, 1.82) is 0 Å². The van der Waals surface area contributed by atoms with Crippen molar-refractivity contribution in [3.63, 3.8) is 0 Å². The number of rotatable bonds is 15. The predicted octanol–water partition coefficient (Wildman–Crippen LogP) is 3.03. The van der Waals surface area contributed by atoms with Crippen molar-refractivity contribution in [2.24, 2.45) is 0 Å². The summed E-state index contributed by atoms with van der Waals surface area (Å²) < 4.78 is 44.9. The highest BCUT2D eigenvalue weighted by Gasteiger charge is 2.50. The van der Waals surface area contributed by atoms with Crippen LogP contribution in [0, 0.1) is 0 Å². The summed E-state index contributed by atoms with van der Waals surface area (Å²) in [6.45, 7) is -0.999. The summed E-state index contributed by atoms with van der Waals surface area (Å²) in [5.41, 5.74) is 0. The first kappa shape index (κ1) is 25.4. The summed E-state index contributed by atoms with van der Waals surface area (Å²) in [5.74, 6) is -4.67. The van der Waals surface area contributed by atoms with E-state index in [9.17, 15) is 19.3 Å². The second-order valence-electron chi connectivity index (χ2n) is 4.00. The van der Waals surface area contributed by atoms with Crippen molar-refractivity contribution in [1.82, 2.24) is 0 Å². The van der Waals surface area contributed by atoms with Gasteiger partial charge in [0, 0.05) is 23.5 Å². The average Bonchev–Trinajstić information content (AvgIpc) is 2.59. The van der Waals surface area contributed by atoms with Crippen LogP contribution in [-0.4, -0.2) is 71.9 Å². The Kier molecular flexibility index (Phi) is 14.3. The molecule has 0 amide bonds. The lowest BCUT2D eigenvalue weighted by Gasteiger charge is -2.30. The molecule has 0 aliphatic carbocycles. The molecule has 0 spiro atoms. The Balaban J connectivity index is 5.33. The van der Waals surface area contributed by atoms with E-state index in [0.717, 1.165) is 0 Å². The topological polar surface area (TPSA) is 112 Å². The molecule has 2 N–H and O–H groups in total. The van der Waals surface area contributed by atoms with Gasteiger partial charge in [0.1, 0.15) is 0 Å². The van der Waals surface area contributed by atoms with Crippen LogP contribution in [-0.2, 0) is 27.2 Å². The number of halogens is 4. The summed E-state index contributed by atoms with van der Waals surface area (Å²) in [5, 5.41) is 20.4. The minimum absolute atomic E-state index is 0.0554. The van der Waals surface area contributed by atoms with Gasteiger partial charge in [0.05, 0.1) is 26.4 Å². The zero-order chi connectivity index (χ0) is 18.6. The van der Waals surface area contributed by atoms with Crippen LogP contribution in [0.15, 0.2) is 0 Å². The molecular formula is C10H20Cl4O8P2. The highest BCUT2D eigenvalue weighted by Crippen LogP contribution is 2.62. The van der Waals surface area contributed by atoms with Crippen LogP contribution in [0.2, 0.25) is 0 Å². The van der Waals surface area contributed by atoms with Crippen LogP contribution in [0.5, 0.6) is 0 Å². The van der Waals surface area contributed by atoms with Crippen molar-refractivity contribution >= 4 is 61.6 Å². The highest BCUT2D eigenvalue weighted by atomic mass is 35.5. The number of aliphatic hydroxyl groups is 2. The van der Waals surface area contributed by atoms with Gasteiger partial charge in [-0.3, -0.25) is 9.13 Å². The van der Waals surface area contributed by atoms with Gasteiger partial charge >= 0.3 is 15.2 Å². The van der Waals surface area contributed by atoms with Gasteiger partial charge in [0.15, 0.2) is 11.7 Å². The molecular weight excluding hydrogens is 452 g/mol. The zero-order valence-corrected chi connectivity index (χ0v) is 17.4. The molecule has 0 bridgehead atoms. The molecule has 2 atom stereocenters. The van der Waals surface area contributed by atoms with Gasteiger partial charge < -0.3 is 28.3 Å². The Morgan fingerprint density at radius 3 is 1.00 bits per heavy atom. The SMILES string of the molecule is O=P(OCCCl)(OCCCl)C(O)C(O)P(=O)(OCCCl)OCCCl. The molecule has 24 heavy (non-hydrogen) atoms. The number of alkyl halides is 4. The van der Waals surface area contributed by atoms with Crippen LogP contribution in [0.3, 0.4) is 0 Å². The van der Waals surface area contributed by atoms with Gasteiger partial charge in [0.2, 0.25) is 0 Å². The molecule has 0 aliphatic rings. The normalized spacial score (nSPS) is 15.4. The third-order valence-electron chi connectivity index (χ3n) is 2.31. The van der Waals surface area contributed by atoms with E-state index < -0.39 is 26.9 Å². The van der Waals surface area contributed by atoms with E-state index in [-0.39, 0.29) is 49.9 Å². The highest BCUT2D eigenvalue weighted by molar-refractivity contribution is 7.58. The fourth-order valence-electron chi connectivity index (χ4n) is 1.35. The maximum absolute atomic E-state index is 12.6. The van der Waals surface area contributed by atoms with E-state index in [2.05, 4.69) is 0 Å². The lowest BCUT2D eigenvalue weighted by atomic mass is 10.8. The van der Waals surface area contributed by atoms with E-state index in [4.69, 9.17) is 64.5 Å². The summed E-state index contributed by atoms with van der Waals surface area (Å²) in [7, 11) is -8.64. The van der Waals surface area contributed by atoms with Gasteiger partial charge in [-0.2, -0.15) is 0 Å². The van der Waals surface area contributed by atoms with E-state index in [1.807, 2.05) is 0 Å². The number of hydrogen-bond donors (Lipinski definition) is 2. The standard InChI is InChI=1S/C10H20Cl4O8P2/c11-1-5-19-23(17,20-6-2-12)9(15)10(16)24(18,21-7-3-13)22-8-4-14/h9-10,15-16H,1-8H2. The molecule has 0 saturated heterocycles. The number of aliphatic hydroxyl groups excluding tert-OH is 2. The Labute approximate surface area is 160 Å². The van der Waals surface area contributed by atoms with E-state index in [0.29, 0.717) is 0 Å². The predicted molar refractivity (Wildman–Crippen MR) is 93.9 cm³/mol. The molecule has 0 radical (unpaired) electrons. The van der Waals surface area contributed by atoms with Crippen molar-refractivity contribution in [2.45, 2.75) is 11.7 Å². The smallest absolute Gasteiger partial charge is 0.362 e. The lowest BCUT2D eigenvalue weighted by molar-refractivity contribution is 0.0574. The second-order valence-corrected chi connectivity index (χ2v) is 9.76. The van der Waals surface area contributed by atoms with Crippen molar-refractivity contribution < 1.29 is 37.4 Å². The van der Waals surface area contributed by atoms with Gasteiger partial charge in [-0.05, 0) is 0 Å². The monoisotopic (exact) mass is 470 g/mol. The zero-order valence-electron chi connectivity index (χ0n) is 12.6. The van der Waals surface area contributed by atoms with Crippen molar-refractivity contribution in [2.75, 3.05) is 49.9 Å². The Hall–Kier alpha value is 1.38. The van der Waals surface area contributed by atoms with E-state index in [1.54, 1.807) is 0 Å². The molecule has 0 aromatic heterocycles. The molecule has 146 valence electrons. The Morgan fingerprint density at radius 2 is 0.833 bits per heavy atom. The average molecular weight is 472 g/mol. The molecule has 8 nitrogen and oxygen atoms in total. The van der Waals surface area contributed by atoms with Crippen LogP contribution in [0.1, 0.15) is 0 Å². The molecule has 0 aliphatic heterocycles. The minimum Gasteiger partial charge on any atom is -0.378 e. The Bertz CT molecular complexity index is 368. The molecule has 0 aromatic rings. The molecule has 0 saturated carbocycles. The van der Waals surface area contributed by atoms with Gasteiger partial charge in [-0.15, -0.1) is 46.4 Å². The molecule has 2 unspecified atom stereocenters. The van der Waals surface area contributed by atoms with E-state index in [1.165, 1.54) is 0 Å². The van der Waals surface area contributed by atoms with Crippen LogP contribution >= 0.6 is 61.6 Å². The van der Waals surface area contributed by atoms with E-state index >= 15 is 0 Å². The maximum atomic E-state index is 12.6. The van der Waals surface area contributed by atoms with Crippen LogP contribution in [0.4, 0.5) is 0 Å². The summed E-state index contributed by atoms with van der Waals surface area (Å²) in [6.07, 6.45) is 0. The first-order valence-electron chi connectivity index (χ1n) is 6.69. The summed E-state index contributed by atoms with van der Waals surface area (Å²) >= 11 is 21.8. The first-order valence-corrected chi connectivity index (χ1v) is 12.0. The van der Waals surface area contributed by atoms with Crippen LogP contribution < -0.4 is 0 Å². The molecule has 14 heteroatoms. The van der Waals surface area contributed by atoms with Gasteiger partial charge in [0.25, 0.3) is 0 Å². The van der Waals surface area contributed by atoms with Crippen molar-refractivity contribution in [3.05, 3.63) is 0 Å². The number of hydrogen-bond acceptors (Lipinski definition) is 8. The second kappa shape index (κ2) is 13.5. The third kappa shape index (κ3) is 8.38. The largest absolute Gasteiger partial charge is 0.378 e. The fraction of sp³-hybridized carbons (Fsp3) is 1.00. The Morgan fingerprint density at radius 1 is 0.625 bits per heavy atom. The van der Waals surface area contributed by atoms with Gasteiger partial charge in [-0.1, -0.05) is 0 Å². The molecule has 0 fully saturated rings. The van der Waals surface area contributed by atoms with Crippen LogP contribution in [0.25, 0.3) is 0 Å². The van der Waals surface area contributed by atoms with Crippen molar-refractivity contribution in [3.8, 4) is 0 Å². The quantitative estimate of drug-likeness (QED) is 0.277. The summed E-state index contributed by atoms with van der Waals surface area (Å²) in [4.78, 5) is 0. The maximum Gasteiger partial charge on any atom is 0.362 e. The third-order valence-corrected chi connectivity index (χ3v) is 7.19. The molecule has 0 rings (SSSR count). The van der Waals surface area contributed by atoms with Gasteiger partial charge in [-0.25, -0.2) is 0 Å². The minimum atomic E-state index is -4.32. The molecule has 0 heterocycles. The molecule has 0 aromatic carbocycles.